The van der Waals surface area contributed by atoms with E-state index in [1.807, 2.05) is 10.7 Å². The molecule has 0 saturated carbocycles. The van der Waals surface area contributed by atoms with Crippen LogP contribution in [0.4, 0.5) is 0 Å². The average molecular weight is 314 g/mol. The molecule has 3 aromatic rings. The Bertz CT molecular complexity index is 721. The number of furan rings is 1. The molecule has 0 N–H and O–H groups in total. The fourth-order valence-corrected chi connectivity index (χ4v) is 3.04. The van der Waals surface area contributed by atoms with Crippen molar-refractivity contribution in [3.63, 3.8) is 0 Å². The molecule has 0 aromatic carbocycles. The smallest absolute Gasteiger partial charge is 0.283 e. The predicted octanol–water partition coefficient (Wildman–Crippen LogP) is 1.83. The van der Waals surface area contributed by atoms with Crippen molar-refractivity contribution in [2.24, 2.45) is 5.92 Å². The third kappa shape index (κ3) is 3.31. The number of hydrogen-bond donors (Lipinski definition) is 0. The number of hydrogen-bond acceptors (Lipinski definition) is 7. The monoisotopic (exact) mass is 314 g/mol. The summed E-state index contributed by atoms with van der Waals surface area (Å²) in [6.07, 6.45) is 7.32. The lowest BCUT2D eigenvalue weighted by atomic mass is 9.98. The summed E-state index contributed by atoms with van der Waals surface area (Å²) in [4.78, 5) is 6.35. The lowest BCUT2D eigenvalue weighted by Gasteiger charge is -2.31. The first-order valence-electron chi connectivity index (χ1n) is 7.78. The number of likely N-dealkylation sites (tertiary alicyclic amines) is 1. The largest absolute Gasteiger partial charge is 0.459 e. The summed E-state index contributed by atoms with van der Waals surface area (Å²) in [6.45, 7) is 3.62. The van der Waals surface area contributed by atoms with Gasteiger partial charge in [-0.1, -0.05) is 0 Å². The molecule has 8 nitrogen and oxygen atoms in total. The van der Waals surface area contributed by atoms with Crippen LogP contribution in [0.15, 0.2) is 39.9 Å². The van der Waals surface area contributed by atoms with E-state index in [-0.39, 0.29) is 0 Å². The minimum absolute atomic E-state index is 0.432. The van der Waals surface area contributed by atoms with E-state index in [1.54, 1.807) is 25.0 Å². The fourth-order valence-electron chi connectivity index (χ4n) is 3.04. The van der Waals surface area contributed by atoms with Gasteiger partial charge in [0.05, 0.1) is 12.8 Å². The van der Waals surface area contributed by atoms with Crippen LogP contribution in [0.2, 0.25) is 0 Å². The van der Waals surface area contributed by atoms with E-state index >= 15 is 0 Å². The van der Waals surface area contributed by atoms with E-state index in [0.717, 1.165) is 19.6 Å². The second kappa shape index (κ2) is 6.33. The van der Waals surface area contributed by atoms with Gasteiger partial charge in [0.15, 0.2) is 5.76 Å². The molecule has 1 saturated heterocycles. The van der Waals surface area contributed by atoms with Gasteiger partial charge in [0.1, 0.15) is 12.7 Å². The quantitative estimate of drug-likeness (QED) is 0.710. The summed E-state index contributed by atoms with van der Waals surface area (Å²) in [6, 6.07) is 3.62. The molecule has 1 unspecified atom stereocenters. The second-order valence-electron chi connectivity index (χ2n) is 5.84. The van der Waals surface area contributed by atoms with E-state index in [0.29, 0.717) is 30.0 Å². The van der Waals surface area contributed by atoms with Crippen LogP contribution in [0.5, 0.6) is 0 Å². The normalized spacial score (nSPS) is 19.2. The van der Waals surface area contributed by atoms with Crippen LogP contribution in [0.1, 0.15) is 18.7 Å². The highest BCUT2D eigenvalue weighted by Crippen LogP contribution is 2.22. The first-order chi connectivity index (χ1) is 11.4. The first kappa shape index (κ1) is 14.1. The minimum atomic E-state index is 0.432. The average Bonchev–Trinajstić information content (AvgIpc) is 3.30. The van der Waals surface area contributed by atoms with Crippen LogP contribution >= 0.6 is 0 Å². The highest BCUT2D eigenvalue weighted by molar-refractivity contribution is 5.42. The van der Waals surface area contributed by atoms with Crippen LogP contribution in [0.3, 0.4) is 0 Å². The third-order valence-corrected chi connectivity index (χ3v) is 4.07. The van der Waals surface area contributed by atoms with Gasteiger partial charge in [-0.05, 0) is 37.4 Å². The lowest BCUT2D eigenvalue weighted by molar-refractivity contribution is 0.142. The van der Waals surface area contributed by atoms with Crippen LogP contribution in [-0.4, -0.2) is 43.0 Å². The number of aromatic nitrogens is 5. The molecule has 4 rings (SSSR count). The molecule has 1 fully saturated rings. The van der Waals surface area contributed by atoms with Gasteiger partial charge in [-0.15, -0.1) is 10.2 Å². The number of nitrogens with zero attached hydrogens (tertiary/aromatic N) is 6. The van der Waals surface area contributed by atoms with Gasteiger partial charge in [0.25, 0.3) is 5.89 Å². The Labute approximate surface area is 133 Å². The highest BCUT2D eigenvalue weighted by atomic mass is 16.4. The van der Waals surface area contributed by atoms with Crippen molar-refractivity contribution in [3.05, 3.63) is 36.9 Å². The summed E-state index contributed by atoms with van der Waals surface area (Å²) in [5.74, 6) is 2.23. The van der Waals surface area contributed by atoms with E-state index < -0.39 is 0 Å². The molecule has 1 aliphatic rings. The maximum absolute atomic E-state index is 5.69. The number of piperidine rings is 1. The molecule has 1 aliphatic heterocycles. The molecular formula is C15H18N6O2. The van der Waals surface area contributed by atoms with Crippen molar-refractivity contribution in [1.29, 1.82) is 0 Å². The van der Waals surface area contributed by atoms with Gasteiger partial charge >= 0.3 is 0 Å². The van der Waals surface area contributed by atoms with Gasteiger partial charge < -0.3 is 8.83 Å². The van der Waals surface area contributed by atoms with Crippen molar-refractivity contribution < 1.29 is 8.83 Å². The Morgan fingerprint density at radius 2 is 2.30 bits per heavy atom. The van der Waals surface area contributed by atoms with Gasteiger partial charge in [0, 0.05) is 13.1 Å². The maximum Gasteiger partial charge on any atom is 0.283 e. The summed E-state index contributed by atoms with van der Waals surface area (Å²) < 4.78 is 12.9. The van der Waals surface area contributed by atoms with Crippen LogP contribution in [0, 0.1) is 5.92 Å². The Morgan fingerprint density at radius 1 is 1.30 bits per heavy atom. The molecule has 0 bridgehead atoms. The van der Waals surface area contributed by atoms with Gasteiger partial charge in [-0.3, -0.25) is 9.58 Å². The van der Waals surface area contributed by atoms with Crippen LogP contribution in [0.25, 0.3) is 11.7 Å². The fraction of sp³-hybridized carbons (Fsp3) is 0.467. The van der Waals surface area contributed by atoms with Crippen molar-refractivity contribution in [1.82, 2.24) is 29.9 Å². The Morgan fingerprint density at radius 3 is 3.13 bits per heavy atom. The van der Waals surface area contributed by atoms with Crippen LogP contribution < -0.4 is 0 Å². The maximum atomic E-state index is 5.69. The second-order valence-corrected chi connectivity index (χ2v) is 5.84. The topological polar surface area (TPSA) is 86.0 Å². The van der Waals surface area contributed by atoms with Crippen LogP contribution in [-0.2, 0) is 13.1 Å². The van der Waals surface area contributed by atoms with Gasteiger partial charge in [-0.2, -0.15) is 5.10 Å². The van der Waals surface area contributed by atoms with Crippen molar-refractivity contribution >= 4 is 0 Å². The highest BCUT2D eigenvalue weighted by Gasteiger charge is 2.22. The molecule has 0 aliphatic carbocycles. The van der Waals surface area contributed by atoms with E-state index in [9.17, 15) is 0 Å². The molecule has 8 heteroatoms. The molecule has 0 radical (unpaired) electrons. The van der Waals surface area contributed by atoms with Crippen molar-refractivity contribution in [2.45, 2.75) is 25.9 Å². The van der Waals surface area contributed by atoms with Crippen molar-refractivity contribution in [2.75, 3.05) is 13.1 Å². The number of rotatable bonds is 5. The summed E-state index contributed by atoms with van der Waals surface area (Å²) >= 11 is 0. The Balaban J connectivity index is 1.37. The molecule has 0 spiro atoms. The molecule has 4 heterocycles. The predicted molar refractivity (Wildman–Crippen MR) is 80.0 cm³/mol. The van der Waals surface area contributed by atoms with Gasteiger partial charge in [0.2, 0.25) is 5.89 Å². The third-order valence-electron chi connectivity index (χ3n) is 4.07. The summed E-state index contributed by atoms with van der Waals surface area (Å²) in [5, 5.41) is 12.4. The zero-order valence-electron chi connectivity index (χ0n) is 12.7. The Hall–Kier alpha value is -2.48. The van der Waals surface area contributed by atoms with Gasteiger partial charge in [-0.25, -0.2) is 4.98 Å². The molecule has 3 aromatic heterocycles. The molecule has 23 heavy (non-hydrogen) atoms. The van der Waals surface area contributed by atoms with E-state index in [2.05, 4.69) is 25.2 Å². The molecule has 0 amide bonds. The van der Waals surface area contributed by atoms with E-state index in [4.69, 9.17) is 8.83 Å². The minimum Gasteiger partial charge on any atom is -0.459 e. The van der Waals surface area contributed by atoms with E-state index in [1.165, 1.54) is 12.8 Å². The molecule has 120 valence electrons. The summed E-state index contributed by atoms with van der Waals surface area (Å²) in [7, 11) is 0. The molecular weight excluding hydrogens is 296 g/mol. The zero-order chi connectivity index (χ0) is 15.5. The van der Waals surface area contributed by atoms with Crippen molar-refractivity contribution in [3.8, 4) is 11.7 Å². The zero-order valence-corrected chi connectivity index (χ0v) is 12.7. The molecule has 1 atom stereocenters. The Kier molecular flexibility index (Phi) is 3.89. The lowest BCUT2D eigenvalue weighted by Crippen LogP contribution is -2.36. The first-order valence-corrected chi connectivity index (χ1v) is 7.78. The summed E-state index contributed by atoms with van der Waals surface area (Å²) in [5.41, 5.74) is 0. The SMILES string of the molecule is c1coc(-c2nnc(CN3CCCC(Cn4cncn4)C3)o2)c1. The standard InChI is InChI=1S/C15H18N6O2/c1-3-12(8-21-11-16-10-17-21)7-20(5-1)9-14-18-19-15(23-14)13-4-2-6-22-13/h2,4,6,10-12H,1,3,5,7-9H2.